The number of sulfonamides is 1. The zero-order valence-corrected chi connectivity index (χ0v) is 11.9. The summed E-state index contributed by atoms with van der Waals surface area (Å²) in [6.07, 6.45) is 0.842. The average Bonchev–Trinajstić information content (AvgIpc) is 2.36. The van der Waals surface area contributed by atoms with Gasteiger partial charge in [0.1, 0.15) is 4.90 Å². The molecule has 0 spiro atoms. The third-order valence-electron chi connectivity index (χ3n) is 2.25. The van der Waals surface area contributed by atoms with E-state index in [1.165, 1.54) is 18.2 Å². The number of hydrogen-bond acceptors (Lipinski definition) is 3. The number of pyridine rings is 1. The van der Waals surface area contributed by atoms with Crippen molar-refractivity contribution in [3.63, 3.8) is 0 Å². The Hall–Kier alpha value is -1.44. The van der Waals surface area contributed by atoms with Crippen molar-refractivity contribution < 1.29 is 17.2 Å². The van der Waals surface area contributed by atoms with Gasteiger partial charge in [0.05, 0.1) is 21.9 Å². The summed E-state index contributed by atoms with van der Waals surface area (Å²) in [5.41, 5.74) is -0.236. The Balaban J connectivity index is 2.41. The van der Waals surface area contributed by atoms with Crippen molar-refractivity contribution in [3.8, 4) is 0 Å². The molecule has 0 aliphatic carbocycles. The van der Waals surface area contributed by atoms with E-state index in [9.17, 15) is 17.2 Å². The lowest BCUT2D eigenvalue weighted by molar-refractivity contribution is 0.480. The molecule has 0 bridgehead atoms. The normalized spacial score (nSPS) is 11.4. The fraction of sp³-hybridized carbons (Fsp3) is 0. The van der Waals surface area contributed by atoms with Crippen LogP contribution < -0.4 is 4.72 Å². The number of rotatable bonds is 3. The molecule has 2 rings (SSSR count). The Bertz CT molecular complexity index is 769. The largest absolute Gasteiger partial charge is 0.278 e. The SMILES string of the molecule is O=S(=O)(Nc1cnc(F)c(F)c1)c1cccc(Cl)c1Cl. The molecule has 1 aromatic carbocycles. The van der Waals surface area contributed by atoms with Crippen LogP contribution in [-0.2, 0) is 10.0 Å². The van der Waals surface area contributed by atoms with Gasteiger partial charge in [-0.1, -0.05) is 29.3 Å². The quantitative estimate of drug-likeness (QED) is 0.871. The molecule has 20 heavy (non-hydrogen) atoms. The number of anilines is 1. The van der Waals surface area contributed by atoms with Crippen molar-refractivity contribution in [2.45, 2.75) is 4.90 Å². The highest BCUT2D eigenvalue weighted by Crippen LogP contribution is 2.30. The summed E-state index contributed by atoms with van der Waals surface area (Å²) in [5, 5.41) is -0.116. The minimum atomic E-state index is -4.09. The minimum absolute atomic E-state index is 0.0537. The van der Waals surface area contributed by atoms with Crippen LogP contribution in [0.25, 0.3) is 0 Å². The number of nitrogens with one attached hydrogen (secondary N) is 1. The number of nitrogens with zero attached hydrogens (tertiary/aromatic N) is 1. The minimum Gasteiger partial charge on any atom is -0.278 e. The fourth-order valence-electron chi connectivity index (χ4n) is 1.38. The summed E-state index contributed by atoms with van der Waals surface area (Å²) in [6.45, 7) is 0. The lowest BCUT2D eigenvalue weighted by Crippen LogP contribution is -2.14. The van der Waals surface area contributed by atoms with Crippen LogP contribution in [0.15, 0.2) is 35.4 Å². The van der Waals surface area contributed by atoms with Gasteiger partial charge >= 0.3 is 0 Å². The summed E-state index contributed by atoms with van der Waals surface area (Å²) in [6, 6.07) is 4.70. The molecule has 0 aliphatic rings. The first-order valence-electron chi connectivity index (χ1n) is 5.09. The van der Waals surface area contributed by atoms with Crippen LogP contribution in [0.4, 0.5) is 14.5 Å². The van der Waals surface area contributed by atoms with Gasteiger partial charge in [-0.3, -0.25) is 4.72 Å². The van der Waals surface area contributed by atoms with Crippen molar-refractivity contribution in [2.75, 3.05) is 4.72 Å². The maximum atomic E-state index is 13.0. The van der Waals surface area contributed by atoms with Crippen LogP contribution in [-0.4, -0.2) is 13.4 Å². The van der Waals surface area contributed by atoms with Gasteiger partial charge in [0.25, 0.3) is 10.0 Å². The second-order valence-electron chi connectivity index (χ2n) is 3.65. The molecule has 1 aromatic heterocycles. The molecule has 1 heterocycles. The predicted octanol–water partition coefficient (Wildman–Crippen LogP) is 3.47. The topological polar surface area (TPSA) is 59.1 Å². The van der Waals surface area contributed by atoms with E-state index in [2.05, 4.69) is 4.98 Å². The molecule has 9 heteroatoms. The molecule has 0 fully saturated rings. The predicted molar refractivity (Wildman–Crippen MR) is 71.4 cm³/mol. The maximum Gasteiger partial charge on any atom is 0.263 e. The Kier molecular flexibility index (Phi) is 4.12. The molecule has 0 amide bonds. The smallest absolute Gasteiger partial charge is 0.263 e. The van der Waals surface area contributed by atoms with E-state index in [0.29, 0.717) is 6.07 Å². The van der Waals surface area contributed by atoms with Gasteiger partial charge in [0.15, 0.2) is 5.82 Å². The first-order valence-corrected chi connectivity index (χ1v) is 7.33. The van der Waals surface area contributed by atoms with E-state index in [1.54, 1.807) is 0 Å². The van der Waals surface area contributed by atoms with E-state index >= 15 is 0 Å². The van der Waals surface area contributed by atoms with E-state index in [0.717, 1.165) is 6.20 Å². The number of halogens is 4. The zero-order chi connectivity index (χ0) is 14.9. The number of benzene rings is 1. The molecule has 106 valence electrons. The summed E-state index contributed by atoms with van der Waals surface area (Å²) in [5.74, 6) is -2.60. The molecule has 0 saturated heterocycles. The third kappa shape index (κ3) is 3.00. The molecule has 4 nitrogen and oxygen atoms in total. The van der Waals surface area contributed by atoms with Gasteiger partial charge < -0.3 is 0 Å². The third-order valence-corrected chi connectivity index (χ3v) is 4.61. The Morgan fingerprint density at radius 1 is 1.20 bits per heavy atom. The van der Waals surface area contributed by atoms with Gasteiger partial charge in [-0.05, 0) is 12.1 Å². The zero-order valence-electron chi connectivity index (χ0n) is 9.57. The van der Waals surface area contributed by atoms with Gasteiger partial charge in [-0.15, -0.1) is 0 Å². The van der Waals surface area contributed by atoms with Crippen LogP contribution in [0.2, 0.25) is 10.0 Å². The lowest BCUT2D eigenvalue weighted by atomic mass is 10.4. The molecule has 0 saturated carbocycles. The van der Waals surface area contributed by atoms with Gasteiger partial charge in [-0.25, -0.2) is 17.8 Å². The van der Waals surface area contributed by atoms with Crippen LogP contribution in [0.3, 0.4) is 0 Å². The van der Waals surface area contributed by atoms with Gasteiger partial charge in [0.2, 0.25) is 5.95 Å². The average molecular weight is 339 g/mol. The monoisotopic (exact) mass is 338 g/mol. The van der Waals surface area contributed by atoms with Crippen molar-refractivity contribution in [2.24, 2.45) is 0 Å². The van der Waals surface area contributed by atoms with Crippen molar-refractivity contribution in [3.05, 3.63) is 52.3 Å². The molecule has 0 aliphatic heterocycles. The van der Waals surface area contributed by atoms with Gasteiger partial charge in [0, 0.05) is 6.07 Å². The van der Waals surface area contributed by atoms with Crippen LogP contribution in [0.5, 0.6) is 0 Å². The molecule has 0 radical (unpaired) electrons. The second-order valence-corrected chi connectivity index (χ2v) is 6.09. The molecule has 2 aromatic rings. The Morgan fingerprint density at radius 2 is 1.90 bits per heavy atom. The summed E-state index contributed by atoms with van der Waals surface area (Å²) < 4.78 is 51.8. The highest BCUT2D eigenvalue weighted by Gasteiger charge is 2.20. The summed E-state index contributed by atoms with van der Waals surface area (Å²) in [7, 11) is -4.09. The highest BCUT2D eigenvalue weighted by molar-refractivity contribution is 7.92. The lowest BCUT2D eigenvalue weighted by Gasteiger charge is -2.10. The molecule has 0 unspecified atom stereocenters. The second kappa shape index (κ2) is 5.51. The fourth-order valence-corrected chi connectivity index (χ4v) is 3.18. The summed E-state index contributed by atoms with van der Waals surface area (Å²) in [4.78, 5) is 2.79. The van der Waals surface area contributed by atoms with Gasteiger partial charge in [-0.2, -0.15) is 4.39 Å². The van der Waals surface area contributed by atoms with Crippen molar-refractivity contribution >= 4 is 38.9 Å². The van der Waals surface area contributed by atoms with Crippen molar-refractivity contribution in [1.29, 1.82) is 0 Å². The first kappa shape index (κ1) is 15.0. The van der Waals surface area contributed by atoms with Crippen molar-refractivity contribution in [1.82, 2.24) is 4.98 Å². The first-order chi connectivity index (χ1) is 9.31. The molecule has 0 atom stereocenters. The standard InChI is InChI=1S/C11H6Cl2F2N2O2S/c12-7-2-1-3-9(10(7)13)20(18,19)17-6-4-8(14)11(15)16-5-6/h1-5,17H. The van der Waals surface area contributed by atoms with E-state index in [-0.39, 0.29) is 20.6 Å². The highest BCUT2D eigenvalue weighted by atomic mass is 35.5. The van der Waals surface area contributed by atoms with E-state index < -0.39 is 21.8 Å². The molecular formula is C11H6Cl2F2N2O2S. The van der Waals surface area contributed by atoms with E-state index in [4.69, 9.17) is 23.2 Å². The maximum absolute atomic E-state index is 13.0. The Morgan fingerprint density at radius 3 is 2.55 bits per heavy atom. The van der Waals surface area contributed by atoms with Crippen LogP contribution in [0, 0.1) is 11.8 Å². The molecular weight excluding hydrogens is 333 g/mol. The van der Waals surface area contributed by atoms with E-state index in [1.807, 2.05) is 4.72 Å². The van der Waals surface area contributed by atoms with Crippen LogP contribution in [0.1, 0.15) is 0 Å². The van der Waals surface area contributed by atoms with Crippen LogP contribution >= 0.6 is 23.2 Å². The summed E-state index contributed by atoms with van der Waals surface area (Å²) >= 11 is 11.5. The molecule has 1 N–H and O–H groups in total. The Labute approximate surface area is 123 Å². The number of aromatic nitrogens is 1. The number of hydrogen-bond donors (Lipinski definition) is 1.